The van der Waals surface area contributed by atoms with E-state index in [0.29, 0.717) is 11.3 Å². The maximum atomic E-state index is 6.23. The number of halogens is 1. The van der Waals surface area contributed by atoms with Gasteiger partial charge >= 0.3 is 0 Å². The molecule has 0 saturated heterocycles. The standard InChI is InChI=1S/C14H19ClN4/c1-10-7-13-14(16-5-6-19(13)18-10)17-9-11-3-2-4-12(15)8-11/h5-7,11-12H,2-4,8-9H2,1H3,(H,16,17). The number of hydrogen-bond acceptors (Lipinski definition) is 3. The summed E-state index contributed by atoms with van der Waals surface area (Å²) in [6.45, 7) is 2.94. The second kappa shape index (κ2) is 5.37. The summed E-state index contributed by atoms with van der Waals surface area (Å²) >= 11 is 6.23. The van der Waals surface area contributed by atoms with Gasteiger partial charge in [-0.05, 0) is 38.2 Å². The zero-order valence-electron chi connectivity index (χ0n) is 11.1. The lowest BCUT2D eigenvalue weighted by Gasteiger charge is -2.25. The molecule has 0 bridgehead atoms. The van der Waals surface area contributed by atoms with E-state index in [1.165, 1.54) is 12.8 Å². The third kappa shape index (κ3) is 2.84. The number of aromatic nitrogens is 3. The normalized spacial score (nSPS) is 23.7. The van der Waals surface area contributed by atoms with E-state index in [4.69, 9.17) is 11.6 Å². The first-order valence-electron chi connectivity index (χ1n) is 6.91. The average Bonchev–Trinajstić information content (AvgIpc) is 2.77. The summed E-state index contributed by atoms with van der Waals surface area (Å²) in [5.74, 6) is 1.57. The number of anilines is 1. The highest BCUT2D eigenvalue weighted by Gasteiger charge is 2.20. The zero-order valence-corrected chi connectivity index (χ0v) is 11.9. The Kier molecular flexibility index (Phi) is 3.60. The summed E-state index contributed by atoms with van der Waals surface area (Å²) < 4.78 is 1.87. The smallest absolute Gasteiger partial charge is 0.152 e. The van der Waals surface area contributed by atoms with E-state index >= 15 is 0 Å². The molecule has 5 heteroatoms. The number of hydrogen-bond donors (Lipinski definition) is 1. The molecule has 4 nitrogen and oxygen atoms in total. The Bertz CT molecular complexity index is 566. The molecular formula is C14H19ClN4. The van der Waals surface area contributed by atoms with Crippen molar-refractivity contribution in [1.82, 2.24) is 14.6 Å². The molecule has 1 N–H and O–H groups in total. The Morgan fingerprint density at radius 3 is 3.21 bits per heavy atom. The van der Waals surface area contributed by atoms with Gasteiger partial charge in [-0.1, -0.05) is 6.42 Å². The third-order valence-electron chi connectivity index (χ3n) is 3.79. The van der Waals surface area contributed by atoms with Crippen LogP contribution in [-0.4, -0.2) is 26.5 Å². The zero-order chi connectivity index (χ0) is 13.2. The SMILES string of the molecule is Cc1cc2c(NCC3CCCC(Cl)C3)nccn2n1. The molecule has 3 rings (SSSR count). The second-order valence-electron chi connectivity index (χ2n) is 5.40. The summed E-state index contributed by atoms with van der Waals surface area (Å²) in [7, 11) is 0. The molecule has 0 radical (unpaired) electrons. The molecule has 2 atom stereocenters. The Morgan fingerprint density at radius 1 is 1.47 bits per heavy atom. The molecule has 1 aliphatic carbocycles. The summed E-state index contributed by atoms with van der Waals surface area (Å²) in [4.78, 5) is 4.42. The van der Waals surface area contributed by atoms with Gasteiger partial charge in [0.2, 0.25) is 0 Å². The van der Waals surface area contributed by atoms with Gasteiger partial charge in [-0.25, -0.2) is 9.50 Å². The van der Waals surface area contributed by atoms with Crippen LogP contribution in [0, 0.1) is 12.8 Å². The number of nitrogens with zero attached hydrogens (tertiary/aromatic N) is 3. The van der Waals surface area contributed by atoms with E-state index < -0.39 is 0 Å². The third-order valence-corrected chi connectivity index (χ3v) is 4.19. The predicted molar refractivity (Wildman–Crippen MR) is 77.8 cm³/mol. The van der Waals surface area contributed by atoms with Crippen LogP contribution in [0.5, 0.6) is 0 Å². The van der Waals surface area contributed by atoms with Crippen molar-refractivity contribution < 1.29 is 0 Å². The monoisotopic (exact) mass is 278 g/mol. The van der Waals surface area contributed by atoms with Crippen LogP contribution < -0.4 is 5.32 Å². The molecule has 19 heavy (non-hydrogen) atoms. The molecule has 2 heterocycles. The van der Waals surface area contributed by atoms with E-state index in [1.54, 1.807) is 6.20 Å². The highest BCUT2D eigenvalue weighted by atomic mass is 35.5. The van der Waals surface area contributed by atoms with Gasteiger partial charge in [0, 0.05) is 24.3 Å². The largest absolute Gasteiger partial charge is 0.368 e. The fraction of sp³-hybridized carbons (Fsp3) is 0.571. The molecule has 2 unspecified atom stereocenters. The van der Waals surface area contributed by atoms with Crippen LogP contribution in [0.4, 0.5) is 5.82 Å². The molecule has 0 spiro atoms. The molecule has 1 aliphatic rings. The quantitative estimate of drug-likeness (QED) is 0.877. The molecule has 2 aromatic rings. The number of alkyl halides is 1. The van der Waals surface area contributed by atoms with Crippen LogP contribution in [0.25, 0.3) is 5.52 Å². The van der Waals surface area contributed by atoms with Gasteiger partial charge in [-0.2, -0.15) is 5.10 Å². The highest BCUT2D eigenvalue weighted by Crippen LogP contribution is 2.28. The summed E-state index contributed by atoms with van der Waals surface area (Å²) in [6, 6.07) is 2.06. The Balaban J connectivity index is 1.71. The summed E-state index contributed by atoms with van der Waals surface area (Å²) in [5, 5.41) is 8.21. The molecule has 2 aromatic heterocycles. The first-order chi connectivity index (χ1) is 9.22. The summed E-state index contributed by atoms with van der Waals surface area (Å²) in [6.07, 6.45) is 8.43. The van der Waals surface area contributed by atoms with E-state index in [0.717, 1.165) is 36.4 Å². The lowest BCUT2D eigenvalue weighted by atomic mass is 9.89. The average molecular weight is 279 g/mol. The van der Waals surface area contributed by atoms with Gasteiger partial charge in [-0.3, -0.25) is 0 Å². The van der Waals surface area contributed by atoms with Gasteiger partial charge in [0.05, 0.1) is 5.69 Å². The van der Waals surface area contributed by atoms with E-state index in [1.807, 2.05) is 17.6 Å². The van der Waals surface area contributed by atoms with Crippen LogP contribution in [0.1, 0.15) is 31.4 Å². The predicted octanol–water partition coefficient (Wildman–Crippen LogP) is 3.25. The van der Waals surface area contributed by atoms with E-state index in [-0.39, 0.29) is 0 Å². The van der Waals surface area contributed by atoms with Crippen molar-refractivity contribution in [3.8, 4) is 0 Å². The fourth-order valence-electron chi connectivity index (χ4n) is 2.83. The van der Waals surface area contributed by atoms with Crippen molar-refractivity contribution in [3.63, 3.8) is 0 Å². The molecule has 0 amide bonds. The number of nitrogens with one attached hydrogen (secondary N) is 1. The molecule has 1 saturated carbocycles. The Labute approximate surface area is 118 Å². The van der Waals surface area contributed by atoms with Crippen LogP contribution in [0.3, 0.4) is 0 Å². The molecule has 1 fully saturated rings. The van der Waals surface area contributed by atoms with E-state index in [9.17, 15) is 0 Å². The minimum Gasteiger partial charge on any atom is -0.368 e. The minimum absolute atomic E-state index is 0.349. The molecule has 102 valence electrons. The van der Waals surface area contributed by atoms with Crippen LogP contribution >= 0.6 is 11.6 Å². The number of rotatable bonds is 3. The molecule has 0 aliphatic heterocycles. The first-order valence-corrected chi connectivity index (χ1v) is 7.35. The maximum Gasteiger partial charge on any atom is 0.152 e. The van der Waals surface area contributed by atoms with Gasteiger partial charge in [-0.15, -0.1) is 11.6 Å². The minimum atomic E-state index is 0.349. The van der Waals surface area contributed by atoms with Crippen molar-refractivity contribution in [3.05, 3.63) is 24.2 Å². The highest BCUT2D eigenvalue weighted by molar-refractivity contribution is 6.20. The van der Waals surface area contributed by atoms with Crippen molar-refractivity contribution in [2.24, 2.45) is 5.92 Å². The van der Waals surface area contributed by atoms with Crippen molar-refractivity contribution in [2.45, 2.75) is 38.0 Å². The van der Waals surface area contributed by atoms with Crippen LogP contribution in [-0.2, 0) is 0 Å². The van der Waals surface area contributed by atoms with Gasteiger partial charge in [0.25, 0.3) is 0 Å². The molecular weight excluding hydrogens is 260 g/mol. The lowest BCUT2D eigenvalue weighted by molar-refractivity contribution is 0.378. The van der Waals surface area contributed by atoms with Crippen molar-refractivity contribution in [2.75, 3.05) is 11.9 Å². The van der Waals surface area contributed by atoms with Crippen molar-refractivity contribution >= 4 is 22.9 Å². The maximum absolute atomic E-state index is 6.23. The molecule has 0 aromatic carbocycles. The van der Waals surface area contributed by atoms with E-state index in [2.05, 4.69) is 21.5 Å². The number of fused-ring (bicyclic) bond motifs is 1. The van der Waals surface area contributed by atoms with Gasteiger partial charge < -0.3 is 5.32 Å². The summed E-state index contributed by atoms with van der Waals surface area (Å²) in [5.41, 5.74) is 2.05. The van der Waals surface area contributed by atoms with Crippen molar-refractivity contribution in [1.29, 1.82) is 0 Å². The van der Waals surface area contributed by atoms with Gasteiger partial charge in [0.15, 0.2) is 5.82 Å². The van der Waals surface area contributed by atoms with Gasteiger partial charge in [0.1, 0.15) is 5.52 Å². The van der Waals surface area contributed by atoms with Crippen LogP contribution in [0.15, 0.2) is 18.5 Å². The first kappa shape index (κ1) is 12.7. The fourth-order valence-corrected chi connectivity index (χ4v) is 3.24. The Hall–Kier alpha value is -1.29. The second-order valence-corrected chi connectivity index (χ2v) is 6.02. The van der Waals surface area contributed by atoms with Crippen LogP contribution in [0.2, 0.25) is 0 Å². The topological polar surface area (TPSA) is 42.2 Å². The number of aryl methyl sites for hydroxylation is 1. The lowest BCUT2D eigenvalue weighted by Crippen LogP contribution is -2.22. The Morgan fingerprint density at radius 2 is 2.37 bits per heavy atom.